The van der Waals surface area contributed by atoms with Crippen LogP contribution in [0.15, 0.2) is 18.7 Å². The van der Waals surface area contributed by atoms with Gasteiger partial charge in [0.2, 0.25) is 0 Å². The third kappa shape index (κ3) is 1.05. The summed E-state index contributed by atoms with van der Waals surface area (Å²) in [6, 6.07) is 0. The first-order valence-electron chi connectivity index (χ1n) is 4.84. The summed E-state index contributed by atoms with van der Waals surface area (Å²) in [7, 11) is 0. The molecule has 0 bridgehead atoms. The molecule has 0 saturated carbocycles. The van der Waals surface area contributed by atoms with E-state index in [1.807, 2.05) is 11.0 Å². The maximum Gasteiger partial charge on any atom is 0.183 e. The summed E-state index contributed by atoms with van der Waals surface area (Å²) < 4.78 is 0. The van der Waals surface area contributed by atoms with E-state index in [1.54, 1.807) is 12.5 Å². The SMILES string of the molecule is c1ncc2cnn(N3CCCC3)c2n1. The molecule has 2 aromatic rings. The van der Waals surface area contributed by atoms with Gasteiger partial charge in [-0.05, 0) is 12.8 Å². The molecule has 0 spiro atoms. The standard InChI is InChI=1S/C9H11N5/c1-2-4-13(3-1)14-9-8(6-12-14)5-10-7-11-9/h5-7H,1-4H2. The first kappa shape index (κ1) is 7.73. The Morgan fingerprint density at radius 2 is 2.00 bits per heavy atom. The molecule has 0 amide bonds. The second-order valence-corrected chi connectivity index (χ2v) is 3.50. The van der Waals surface area contributed by atoms with Gasteiger partial charge in [-0.2, -0.15) is 9.89 Å². The lowest BCUT2D eigenvalue weighted by Crippen LogP contribution is -2.32. The summed E-state index contributed by atoms with van der Waals surface area (Å²) in [6.07, 6.45) is 7.66. The van der Waals surface area contributed by atoms with Crippen molar-refractivity contribution in [3.05, 3.63) is 18.7 Å². The average Bonchev–Trinajstić information content (AvgIpc) is 2.85. The highest BCUT2D eigenvalue weighted by Gasteiger charge is 2.15. The Labute approximate surface area is 81.3 Å². The smallest absolute Gasteiger partial charge is 0.183 e. The fourth-order valence-electron chi connectivity index (χ4n) is 1.86. The summed E-state index contributed by atoms with van der Waals surface area (Å²) in [4.78, 5) is 10.1. The van der Waals surface area contributed by atoms with Crippen LogP contribution in [-0.4, -0.2) is 32.9 Å². The molecule has 1 fully saturated rings. The zero-order valence-electron chi connectivity index (χ0n) is 7.80. The molecule has 1 saturated heterocycles. The minimum Gasteiger partial charge on any atom is -0.295 e. The molecule has 0 atom stereocenters. The quantitative estimate of drug-likeness (QED) is 0.657. The number of aromatic nitrogens is 4. The Bertz CT molecular complexity index is 443. The van der Waals surface area contributed by atoms with E-state index in [1.165, 1.54) is 12.8 Å². The molecule has 0 aromatic carbocycles. The topological polar surface area (TPSA) is 46.8 Å². The van der Waals surface area contributed by atoms with Gasteiger partial charge >= 0.3 is 0 Å². The molecule has 0 unspecified atom stereocenters. The maximum atomic E-state index is 4.32. The predicted molar refractivity (Wildman–Crippen MR) is 52.5 cm³/mol. The van der Waals surface area contributed by atoms with Crippen molar-refractivity contribution in [2.75, 3.05) is 18.1 Å². The number of rotatable bonds is 1. The van der Waals surface area contributed by atoms with E-state index in [9.17, 15) is 0 Å². The Balaban J connectivity index is 2.11. The van der Waals surface area contributed by atoms with Crippen molar-refractivity contribution in [2.24, 2.45) is 0 Å². The van der Waals surface area contributed by atoms with Gasteiger partial charge < -0.3 is 0 Å². The Morgan fingerprint density at radius 3 is 2.86 bits per heavy atom. The molecular formula is C9H11N5. The highest BCUT2D eigenvalue weighted by Crippen LogP contribution is 2.12. The van der Waals surface area contributed by atoms with Crippen LogP contribution < -0.4 is 5.01 Å². The lowest BCUT2D eigenvalue weighted by atomic mass is 10.4. The molecule has 3 heterocycles. The fourth-order valence-corrected chi connectivity index (χ4v) is 1.86. The summed E-state index contributed by atoms with van der Waals surface area (Å²) in [5, 5.41) is 7.53. The molecule has 5 heteroatoms. The molecular weight excluding hydrogens is 178 g/mol. The van der Waals surface area contributed by atoms with Crippen molar-refractivity contribution < 1.29 is 0 Å². The summed E-state index contributed by atoms with van der Waals surface area (Å²) >= 11 is 0. The molecule has 14 heavy (non-hydrogen) atoms. The predicted octanol–water partition coefficient (Wildman–Crippen LogP) is 0.558. The van der Waals surface area contributed by atoms with Crippen molar-refractivity contribution in [3.63, 3.8) is 0 Å². The van der Waals surface area contributed by atoms with Crippen molar-refractivity contribution in [3.8, 4) is 0 Å². The van der Waals surface area contributed by atoms with Gasteiger partial charge in [0.15, 0.2) is 5.65 Å². The molecule has 0 radical (unpaired) electrons. The van der Waals surface area contributed by atoms with E-state index in [0.717, 1.165) is 24.1 Å². The first-order valence-corrected chi connectivity index (χ1v) is 4.84. The highest BCUT2D eigenvalue weighted by molar-refractivity contribution is 5.73. The first-order chi connectivity index (χ1) is 6.95. The third-order valence-corrected chi connectivity index (χ3v) is 2.56. The van der Waals surface area contributed by atoms with E-state index in [0.29, 0.717) is 0 Å². The van der Waals surface area contributed by atoms with Gasteiger partial charge in [0, 0.05) is 19.3 Å². The summed E-state index contributed by atoms with van der Waals surface area (Å²) in [6.45, 7) is 2.14. The van der Waals surface area contributed by atoms with Crippen molar-refractivity contribution in [2.45, 2.75) is 12.8 Å². The van der Waals surface area contributed by atoms with Crippen LogP contribution in [0.5, 0.6) is 0 Å². The van der Waals surface area contributed by atoms with Gasteiger partial charge in [-0.25, -0.2) is 9.97 Å². The lowest BCUT2D eigenvalue weighted by Gasteiger charge is -2.17. The van der Waals surface area contributed by atoms with Crippen LogP contribution in [0.2, 0.25) is 0 Å². The molecule has 72 valence electrons. The second-order valence-electron chi connectivity index (χ2n) is 3.50. The Kier molecular flexibility index (Phi) is 1.62. The van der Waals surface area contributed by atoms with Crippen molar-refractivity contribution >= 4 is 11.0 Å². The van der Waals surface area contributed by atoms with E-state index in [2.05, 4.69) is 20.1 Å². The molecule has 1 aliphatic rings. The largest absolute Gasteiger partial charge is 0.295 e. The minimum absolute atomic E-state index is 0.905. The molecule has 2 aromatic heterocycles. The van der Waals surface area contributed by atoms with Crippen LogP contribution in [0.25, 0.3) is 11.0 Å². The maximum absolute atomic E-state index is 4.32. The number of hydrogen-bond donors (Lipinski definition) is 0. The van der Waals surface area contributed by atoms with Crippen molar-refractivity contribution in [1.82, 2.24) is 19.9 Å². The van der Waals surface area contributed by atoms with E-state index < -0.39 is 0 Å². The van der Waals surface area contributed by atoms with Crippen LogP contribution in [0, 0.1) is 0 Å². The fraction of sp³-hybridized carbons (Fsp3) is 0.444. The zero-order chi connectivity index (χ0) is 9.38. The number of hydrogen-bond acceptors (Lipinski definition) is 4. The highest BCUT2D eigenvalue weighted by atomic mass is 15.7. The van der Waals surface area contributed by atoms with Crippen LogP contribution in [0.4, 0.5) is 0 Å². The monoisotopic (exact) mass is 189 g/mol. The van der Waals surface area contributed by atoms with Crippen LogP contribution in [-0.2, 0) is 0 Å². The van der Waals surface area contributed by atoms with Crippen LogP contribution in [0.3, 0.4) is 0 Å². The Hall–Kier alpha value is -1.65. The van der Waals surface area contributed by atoms with E-state index in [4.69, 9.17) is 0 Å². The van der Waals surface area contributed by atoms with E-state index >= 15 is 0 Å². The Morgan fingerprint density at radius 1 is 1.14 bits per heavy atom. The normalized spacial score (nSPS) is 16.7. The van der Waals surface area contributed by atoms with Gasteiger partial charge in [0.1, 0.15) is 6.33 Å². The second kappa shape index (κ2) is 2.94. The van der Waals surface area contributed by atoms with Gasteiger partial charge in [-0.3, -0.25) is 5.01 Å². The third-order valence-electron chi connectivity index (χ3n) is 2.56. The van der Waals surface area contributed by atoms with Crippen LogP contribution >= 0.6 is 0 Å². The lowest BCUT2D eigenvalue weighted by molar-refractivity contribution is 0.603. The minimum atomic E-state index is 0.905. The van der Waals surface area contributed by atoms with Crippen molar-refractivity contribution in [1.29, 1.82) is 0 Å². The summed E-state index contributed by atoms with van der Waals surface area (Å²) in [5.41, 5.74) is 0.905. The molecule has 3 rings (SSSR count). The molecule has 0 aliphatic carbocycles. The average molecular weight is 189 g/mol. The van der Waals surface area contributed by atoms with Gasteiger partial charge in [-0.1, -0.05) is 0 Å². The molecule has 5 nitrogen and oxygen atoms in total. The van der Waals surface area contributed by atoms with E-state index in [-0.39, 0.29) is 0 Å². The molecule has 1 aliphatic heterocycles. The zero-order valence-corrected chi connectivity index (χ0v) is 7.80. The number of nitrogens with zero attached hydrogens (tertiary/aromatic N) is 5. The van der Waals surface area contributed by atoms with Gasteiger partial charge in [0.05, 0.1) is 11.6 Å². The summed E-state index contributed by atoms with van der Waals surface area (Å²) in [5.74, 6) is 0. The van der Waals surface area contributed by atoms with Gasteiger partial charge in [-0.15, -0.1) is 0 Å². The number of fused-ring (bicyclic) bond motifs is 1. The van der Waals surface area contributed by atoms with Crippen LogP contribution in [0.1, 0.15) is 12.8 Å². The molecule has 0 N–H and O–H groups in total. The van der Waals surface area contributed by atoms with Gasteiger partial charge in [0.25, 0.3) is 0 Å².